The number of nitrogens with zero attached hydrogens (tertiary/aromatic N) is 4. The van der Waals surface area contributed by atoms with E-state index >= 15 is 0 Å². The third kappa shape index (κ3) is 6.39. The number of nitrogens with one attached hydrogen (secondary N) is 1. The van der Waals surface area contributed by atoms with Crippen LogP contribution < -0.4 is 5.73 Å². The molecular weight excluding hydrogens is 464 g/mol. The van der Waals surface area contributed by atoms with Gasteiger partial charge in [-0.3, -0.25) is 5.41 Å². The van der Waals surface area contributed by atoms with Crippen molar-refractivity contribution in [3.8, 4) is 11.4 Å². The molecule has 1 aliphatic heterocycles. The summed E-state index contributed by atoms with van der Waals surface area (Å²) < 4.78 is 5.49. The average Bonchev–Trinajstić information content (AvgIpc) is 3.49. The summed E-state index contributed by atoms with van der Waals surface area (Å²) in [4.78, 5) is 12.0. The molecule has 0 unspecified atom stereocenters. The Bertz CT molecular complexity index is 1170. The fraction of sp³-hybridized carbons (Fsp3) is 0.385. The molecule has 2 heterocycles. The third-order valence-electron chi connectivity index (χ3n) is 6.13. The Kier molecular flexibility index (Phi) is 8.17. The van der Waals surface area contributed by atoms with Gasteiger partial charge in [-0.05, 0) is 35.4 Å². The zero-order valence-electron chi connectivity index (χ0n) is 20.6. The van der Waals surface area contributed by atoms with Gasteiger partial charge in [-0.2, -0.15) is 4.98 Å². The largest absolute Gasteiger partial charge is 0.391 e. The van der Waals surface area contributed by atoms with E-state index in [1.807, 2.05) is 36.1 Å². The molecule has 0 amide bonds. The van der Waals surface area contributed by atoms with Crippen molar-refractivity contribution in [1.29, 1.82) is 5.41 Å². The highest BCUT2D eigenvalue weighted by atomic mass is 35.5. The summed E-state index contributed by atoms with van der Waals surface area (Å²) in [5.74, 6) is 1.31. The van der Waals surface area contributed by atoms with E-state index in [0.717, 1.165) is 35.4 Å². The lowest BCUT2D eigenvalue weighted by Crippen LogP contribution is -2.34. The molecule has 1 saturated heterocycles. The number of hydrogen-bond acceptors (Lipinski definition) is 6. The fourth-order valence-electron chi connectivity index (χ4n) is 3.92. The van der Waals surface area contributed by atoms with Crippen LogP contribution in [0.3, 0.4) is 0 Å². The van der Waals surface area contributed by atoms with Crippen molar-refractivity contribution in [3.63, 3.8) is 0 Å². The van der Waals surface area contributed by atoms with Gasteiger partial charge in [-0.25, -0.2) is 0 Å². The maximum atomic E-state index is 7.57. The fourth-order valence-corrected chi connectivity index (χ4v) is 3.92. The molecule has 3 N–H and O–H groups in total. The first-order valence-corrected chi connectivity index (χ1v) is 11.5. The molecule has 9 heteroatoms. The van der Waals surface area contributed by atoms with Crippen LogP contribution in [-0.2, 0) is 16.9 Å². The summed E-state index contributed by atoms with van der Waals surface area (Å²) >= 11 is 0. The van der Waals surface area contributed by atoms with E-state index in [1.54, 1.807) is 0 Å². The number of hydrogen-bond donors (Lipinski definition) is 2. The highest BCUT2D eigenvalue weighted by molar-refractivity contribution is 5.98. The van der Waals surface area contributed by atoms with Gasteiger partial charge >= 0.3 is 0 Å². The maximum absolute atomic E-state index is 7.57. The molecule has 186 valence electrons. The lowest BCUT2D eigenvalue weighted by Gasteiger charge is -2.19. The van der Waals surface area contributed by atoms with Crippen LogP contribution in [-0.4, -0.2) is 39.8 Å². The molecule has 4 rings (SSSR count). The highest BCUT2D eigenvalue weighted by Crippen LogP contribution is 2.27. The van der Waals surface area contributed by atoms with Crippen LogP contribution in [0.5, 0.6) is 0 Å². The van der Waals surface area contributed by atoms with Crippen molar-refractivity contribution in [3.05, 3.63) is 71.1 Å². The molecule has 2 aromatic carbocycles. The normalized spacial score (nSPS) is 16.2. The van der Waals surface area contributed by atoms with Gasteiger partial charge in [0, 0.05) is 18.7 Å². The van der Waals surface area contributed by atoms with E-state index in [9.17, 15) is 0 Å². The minimum absolute atomic E-state index is 0. The number of benzene rings is 2. The minimum Gasteiger partial charge on any atom is -0.391 e. The molecule has 3 aromatic rings. The van der Waals surface area contributed by atoms with Crippen LogP contribution in [0.25, 0.3) is 11.4 Å². The monoisotopic (exact) mass is 496 g/mol. The van der Waals surface area contributed by atoms with Crippen LogP contribution in [0.2, 0.25) is 0 Å². The summed E-state index contributed by atoms with van der Waals surface area (Å²) in [6, 6.07) is 16.3. The second-order valence-electron chi connectivity index (χ2n) is 9.75. The summed E-state index contributed by atoms with van der Waals surface area (Å²) in [5, 5.41) is 16.0. The first-order chi connectivity index (χ1) is 16.2. The van der Waals surface area contributed by atoms with Crippen LogP contribution in [0, 0.1) is 5.41 Å². The molecule has 0 bridgehead atoms. The van der Waals surface area contributed by atoms with Crippen molar-refractivity contribution in [2.75, 3.05) is 13.1 Å². The van der Waals surface area contributed by atoms with Crippen LogP contribution in [0.4, 0.5) is 0 Å². The van der Waals surface area contributed by atoms with E-state index < -0.39 is 0 Å². The van der Waals surface area contributed by atoms with Gasteiger partial charge in [0.25, 0.3) is 0 Å². The first-order valence-electron chi connectivity index (χ1n) is 11.5. The molecular formula is C26H33ClN6O2. The minimum atomic E-state index is 0. The Morgan fingerprint density at radius 3 is 2.46 bits per heavy atom. The Hall–Kier alpha value is -3.39. The molecule has 0 aliphatic carbocycles. The standard InChI is InChI=1S/C26H32N6O2.ClH/c1-17(30-33-16-18-5-11-22(12-6-18)26(2,3)4)19-7-9-20(10-8-19)23-29-24(34-31-23)21-13-14-32(15-21)25(27)28;/h5-12,21H,13-16H2,1-4H3,(H3,27,28);1H/b30-17+;/t21-;/m1./s1. The van der Waals surface area contributed by atoms with Gasteiger partial charge in [0.05, 0.1) is 11.6 Å². The van der Waals surface area contributed by atoms with Gasteiger partial charge in [-0.15, -0.1) is 12.4 Å². The van der Waals surface area contributed by atoms with Gasteiger partial charge in [0.15, 0.2) is 5.96 Å². The van der Waals surface area contributed by atoms with Gasteiger partial charge in [0.1, 0.15) is 6.61 Å². The van der Waals surface area contributed by atoms with Crippen LogP contribution in [0.15, 0.2) is 58.2 Å². The molecule has 0 saturated carbocycles. The maximum Gasteiger partial charge on any atom is 0.231 e. The summed E-state index contributed by atoms with van der Waals surface area (Å²) in [6.45, 7) is 10.3. The van der Waals surface area contributed by atoms with Crippen molar-refractivity contribution >= 4 is 24.1 Å². The zero-order chi connectivity index (χ0) is 24.3. The molecule has 1 atom stereocenters. The lowest BCUT2D eigenvalue weighted by molar-refractivity contribution is 0.130. The Labute approximate surface area is 212 Å². The van der Waals surface area contributed by atoms with E-state index in [-0.39, 0.29) is 29.7 Å². The number of rotatable bonds is 6. The second-order valence-corrected chi connectivity index (χ2v) is 9.75. The molecule has 35 heavy (non-hydrogen) atoms. The predicted octanol–water partition coefficient (Wildman–Crippen LogP) is 5.08. The molecule has 0 radical (unpaired) electrons. The summed E-state index contributed by atoms with van der Waals surface area (Å²) in [7, 11) is 0. The molecule has 1 fully saturated rings. The SMILES string of the molecule is C/C(=N\OCc1ccc(C(C)(C)C)cc1)c1ccc(-c2noc([C@@H]3CCN(C(=N)N)C3)n2)cc1.Cl. The Morgan fingerprint density at radius 2 is 1.86 bits per heavy atom. The Balaban J connectivity index is 0.00000342. The van der Waals surface area contributed by atoms with E-state index in [4.69, 9.17) is 20.5 Å². The first kappa shape index (κ1) is 26.2. The van der Waals surface area contributed by atoms with Crippen molar-refractivity contribution in [2.24, 2.45) is 10.9 Å². The van der Waals surface area contributed by atoms with Crippen LogP contribution >= 0.6 is 12.4 Å². The second kappa shape index (κ2) is 10.9. The van der Waals surface area contributed by atoms with Crippen molar-refractivity contribution < 1.29 is 9.36 Å². The quantitative estimate of drug-likeness (QED) is 0.279. The molecule has 8 nitrogen and oxygen atoms in total. The lowest BCUT2D eigenvalue weighted by atomic mass is 9.87. The van der Waals surface area contributed by atoms with Crippen LogP contribution in [0.1, 0.15) is 62.6 Å². The van der Waals surface area contributed by atoms with Gasteiger partial charge in [-0.1, -0.05) is 79.6 Å². The number of oxime groups is 1. The molecule has 1 aromatic heterocycles. The highest BCUT2D eigenvalue weighted by Gasteiger charge is 2.29. The van der Waals surface area contributed by atoms with Crippen molar-refractivity contribution in [2.45, 2.75) is 52.1 Å². The molecule has 0 spiro atoms. The number of aromatic nitrogens is 2. The van der Waals surface area contributed by atoms with Gasteiger partial charge in [0.2, 0.25) is 11.7 Å². The number of guanidine groups is 1. The average molecular weight is 497 g/mol. The summed E-state index contributed by atoms with van der Waals surface area (Å²) in [5.41, 5.74) is 10.7. The predicted molar refractivity (Wildman–Crippen MR) is 140 cm³/mol. The zero-order valence-corrected chi connectivity index (χ0v) is 21.4. The van der Waals surface area contributed by atoms with Crippen molar-refractivity contribution in [1.82, 2.24) is 15.0 Å². The molecule has 1 aliphatic rings. The van der Waals surface area contributed by atoms with E-state index in [2.05, 4.69) is 60.3 Å². The van der Waals surface area contributed by atoms with Gasteiger partial charge < -0.3 is 20.0 Å². The number of nitrogens with two attached hydrogens (primary N) is 1. The Morgan fingerprint density at radius 1 is 1.17 bits per heavy atom. The topological polar surface area (TPSA) is 114 Å². The summed E-state index contributed by atoms with van der Waals surface area (Å²) in [6.07, 6.45) is 0.844. The van der Waals surface area contributed by atoms with E-state index in [1.165, 1.54) is 5.56 Å². The smallest absolute Gasteiger partial charge is 0.231 e. The third-order valence-corrected chi connectivity index (χ3v) is 6.13. The number of likely N-dealkylation sites (tertiary alicyclic amines) is 1. The van der Waals surface area contributed by atoms with E-state index in [0.29, 0.717) is 24.9 Å². The number of halogens is 1.